The van der Waals surface area contributed by atoms with Crippen molar-refractivity contribution in [1.29, 1.82) is 0 Å². The van der Waals surface area contributed by atoms with Crippen LogP contribution in [-0.4, -0.2) is 31.3 Å². The summed E-state index contributed by atoms with van der Waals surface area (Å²) in [6.45, 7) is 6.27. The van der Waals surface area contributed by atoms with Crippen LogP contribution in [0.5, 0.6) is 5.75 Å². The molecule has 0 aromatic heterocycles. The van der Waals surface area contributed by atoms with Gasteiger partial charge in [0, 0.05) is 23.9 Å². The number of ether oxygens (including phenoxy) is 3. The molecule has 1 aromatic carbocycles. The molecule has 0 aliphatic carbocycles. The molecule has 0 bridgehead atoms. The first-order chi connectivity index (χ1) is 12.5. The zero-order valence-electron chi connectivity index (χ0n) is 15.2. The minimum atomic E-state index is -0.422. The van der Waals surface area contributed by atoms with E-state index in [9.17, 15) is 9.59 Å². The van der Waals surface area contributed by atoms with E-state index in [-0.39, 0.29) is 12.1 Å². The topological polar surface area (TPSA) is 61.8 Å². The molecule has 0 N–H and O–H groups in total. The Kier molecular flexibility index (Phi) is 11.4. The van der Waals surface area contributed by atoms with E-state index in [1.54, 1.807) is 24.3 Å². The molecule has 0 spiro atoms. The van der Waals surface area contributed by atoms with Crippen molar-refractivity contribution in [3.8, 4) is 5.75 Å². The summed E-state index contributed by atoms with van der Waals surface area (Å²) in [5, 5.41) is 0.601. The van der Waals surface area contributed by atoms with E-state index in [0.717, 1.165) is 25.3 Å². The van der Waals surface area contributed by atoms with Crippen LogP contribution in [-0.2, 0) is 19.1 Å². The van der Waals surface area contributed by atoms with Gasteiger partial charge in [0.05, 0.1) is 19.3 Å². The average Bonchev–Trinajstić information content (AvgIpc) is 2.63. The van der Waals surface area contributed by atoms with Crippen molar-refractivity contribution in [2.24, 2.45) is 0 Å². The Balaban J connectivity index is 2.21. The Labute approximate surface area is 160 Å². The Morgan fingerprint density at radius 3 is 2.54 bits per heavy atom. The fraction of sp³-hybridized carbons (Fsp3) is 0.500. The highest BCUT2D eigenvalue weighted by Gasteiger charge is 2.11. The summed E-state index contributed by atoms with van der Waals surface area (Å²) in [6.07, 6.45) is 5.63. The second-order valence-corrected chi connectivity index (χ2v) is 6.26. The number of carbonyl (C=O) groups excluding carboxylic acids is 2. The minimum Gasteiger partial charge on any atom is -0.462 e. The van der Waals surface area contributed by atoms with Gasteiger partial charge in [0.2, 0.25) is 0 Å². The van der Waals surface area contributed by atoms with Crippen LogP contribution in [0.15, 0.2) is 36.9 Å². The molecule has 0 amide bonds. The van der Waals surface area contributed by atoms with Gasteiger partial charge in [-0.1, -0.05) is 31.5 Å². The van der Waals surface area contributed by atoms with Gasteiger partial charge < -0.3 is 14.2 Å². The summed E-state index contributed by atoms with van der Waals surface area (Å²) in [7, 11) is 0. The fourth-order valence-corrected chi connectivity index (χ4v) is 2.46. The molecular weight excluding hydrogens is 356 g/mol. The summed E-state index contributed by atoms with van der Waals surface area (Å²) in [5.41, 5.74) is 0. The molecule has 0 fully saturated rings. The van der Waals surface area contributed by atoms with Gasteiger partial charge in [-0.05, 0) is 43.5 Å². The van der Waals surface area contributed by atoms with Crippen molar-refractivity contribution in [2.45, 2.75) is 51.6 Å². The van der Waals surface area contributed by atoms with Crippen molar-refractivity contribution < 1.29 is 23.8 Å². The standard InChI is InChI=1S/C20H27ClO5/c1-3-7-17(24-14-6-15-25-19(22)4-2)8-5-9-20(23)26-18-12-10-16(21)11-13-18/h4,10-13,17H,2-3,5-9,14-15H2,1H3. The van der Waals surface area contributed by atoms with Crippen molar-refractivity contribution in [1.82, 2.24) is 0 Å². The lowest BCUT2D eigenvalue weighted by atomic mass is 10.1. The van der Waals surface area contributed by atoms with E-state index in [1.165, 1.54) is 0 Å². The van der Waals surface area contributed by atoms with Gasteiger partial charge in [0.1, 0.15) is 5.75 Å². The summed E-state index contributed by atoms with van der Waals surface area (Å²) >= 11 is 5.80. The maximum absolute atomic E-state index is 11.9. The second kappa shape index (κ2) is 13.4. The van der Waals surface area contributed by atoms with Crippen LogP contribution in [0, 0.1) is 0 Å². The molecule has 0 saturated heterocycles. The van der Waals surface area contributed by atoms with Gasteiger partial charge in [-0.25, -0.2) is 4.79 Å². The molecule has 0 aliphatic heterocycles. The zero-order chi connectivity index (χ0) is 19.2. The van der Waals surface area contributed by atoms with Crippen molar-refractivity contribution in [3.63, 3.8) is 0 Å². The summed E-state index contributed by atoms with van der Waals surface area (Å²) in [6, 6.07) is 6.70. The molecule has 0 aliphatic rings. The van der Waals surface area contributed by atoms with Gasteiger partial charge in [-0.15, -0.1) is 0 Å². The van der Waals surface area contributed by atoms with Crippen LogP contribution in [0.4, 0.5) is 0 Å². The number of carbonyl (C=O) groups is 2. The van der Waals surface area contributed by atoms with Crippen LogP contribution in [0.1, 0.15) is 45.4 Å². The number of esters is 2. The smallest absolute Gasteiger partial charge is 0.330 e. The third-order valence-electron chi connectivity index (χ3n) is 3.62. The van der Waals surface area contributed by atoms with Crippen molar-refractivity contribution in [2.75, 3.05) is 13.2 Å². The highest BCUT2D eigenvalue weighted by atomic mass is 35.5. The number of hydrogen-bond acceptors (Lipinski definition) is 5. The average molecular weight is 383 g/mol. The van der Waals surface area contributed by atoms with Crippen molar-refractivity contribution >= 4 is 23.5 Å². The predicted molar refractivity (Wildman–Crippen MR) is 101 cm³/mol. The quantitative estimate of drug-likeness (QED) is 0.214. The summed E-state index contributed by atoms with van der Waals surface area (Å²) < 4.78 is 16.0. The fourth-order valence-electron chi connectivity index (χ4n) is 2.33. The van der Waals surface area contributed by atoms with E-state index >= 15 is 0 Å². The normalized spacial score (nSPS) is 11.6. The summed E-state index contributed by atoms with van der Waals surface area (Å²) in [4.78, 5) is 22.8. The highest BCUT2D eigenvalue weighted by molar-refractivity contribution is 6.30. The van der Waals surface area contributed by atoms with E-state index in [0.29, 0.717) is 43.2 Å². The molecule has 6 heteroatoms. The Morgan fingerprint density at radius 1 is 1.15 bits per heavy atom. The monoisotopic (exact) mass is 382 g/mol. The van der Waals surface area contributed by atoms with E-state index in [4.69, 9.17) is 25.8 Å². The first-order valence-electron chi connectivity index (χ1n) is 8.92. The van der Waals surface area contributed by atoms with Crippen LogP contribution >= 0.6 is 11.6 Å². The van der Waals surface area contributed by atoms with Gasteiger partial charge in [0.15, 0.2) is 0 Å². The lowest BCUT2D eigenvalue weighted by molar-refractivity contribution is -0.138. The van der Waals surface area contributed by atoms with Crippen LogP contribution in [0.3, 0.4) is 0 Å². The molecule has 1 atom stereocenters. The first kappa shape index (κ1) is 22.2. The minimum absolute atomic E-state index is 0.0958. The number of rotatable bonds is 13. The zero-order valence-corrected chi connectivity index (χ0v) is 16.0. The van der Waals surface area contributed by atoms with Crippen molar-refractivity contribution in [3.05, 3.63) is 41.9 Å². The van der Waals surface area contributed by atoms with Gasteiger partial charge in [-0.3, -0.25) is 4.79 Å². The second-order valence-electron chi connectivity index (χ2n) is 5.83. The maximum atomic E-state index is 11.9. The van der Waals surface area contributed by atoms with Gasteiger partial charge >= 0.3 is 11.9 Å². The lowest BCUT2D eigenvalue weighted by Gasteiger charge is -2.17. The van der Waals surface area contributed by atoms with E-state index in [2.05, 4.69) is 13.5 Å². The molecule has 5 nitrogen and oxygen atoms in total. The van der Waals surface area contributed by atoms with Crippen LogP contribution in [0.25, 0.3) is 0 Å². The van der Waals surface area contributed by atoms with E-state index < -0.39 is 5.97 Å². The third-order valence-corrected chi connectivity index (χ3v) is 3.87. The number of hydrogen-bond donors (Lipinski definition) is 0. The number of halogens is 1. The number of benzene rings is 1. The molecule has 0 heterocycles. The third kappa shape index (κ3) is 10.2. The SMILES string of the molecule is C=CC(=O)OCCCOC(CCC)CCCC(=O)Oc1ccc(Cl)cc1. The Bertz CT molecular complexity index is 556. The molecule has 144 valence electrons. The van der Waals surface area contributed by atoms with Gasteiger partial charge in [0.25, 0.3) is 0 Å². The molecule has 0 saturated carbocycles. The van der Waals surface area contributed by atoms with E-state index in [1.807, 2.05) is 0 Å². The van der Waals surface area contributed by atoms with Crippen LogP contribution in [0.2, 0.25) is 5.02 Å². The molecule has 1 aromatic rings. The molecular formula is C20H27ClO5. The van der Waals surface area contributed by atoms with Crippen LogP contribution < -0.4 is 4.74 Å². The highest BCUT2D eigenvalue weighted by Crippen LogP contribution is 2.17. The maximum Gasteiger partial charge on any atom is 0.330 e. The Hall–Kier alpha value is -1.85. The molecule has 1 rings (SSSR count). The molecule has 0 radical (unpaired) electrons. The Morgan fingerprint density at radius 2 is 1.88 bits per heavy atom. The lowest BCUT2D eigenvalue weighted by Crippen LogP contribution is -2.16. The molecule has 26 heavy (non-hydrogen) atoms. The first-order valence-corrected chi connectivity index (χ1v) is 9.30. The largest absolute Gasteiger partial charge is 0.462 e. The molecule has 1 unspecified atom stereocenters. The predicted octanol–water partition coefficient (Wildman–Crippen LogP) is 4.72. The summed E-state index contributed by atoms with van der Waals surface area (Å²) in [5.74, 6) is -0.192. The van der Waals surface area contributed by atoms with Gasteiger partial charge in [-0.2, -0.15) is 0 Å².